The maximum atomic E-state index is 8.70. The molecule has 0 radical (unpaired) electrons. The van der Waals surface area contributed by atoms with E-state index in [1.165, 1.54) is 0 Å². The first-order chi connectivity index (χ1) is 7.65. The largest absolute Gasteiger partial charge is 0.443 e. The molecule has 0 bridgehead atoms. The molecule has 2 rings (SSSR count). The maximum absolute atomic E-state index is 8.70. The Labute approximate surface area is 95.4 Å². The van der Waals surface area contributed by atoms with Crippen LogP contribution in [-0.4, -0.2) is 5.90 Å². The van der Waals surface area contributed by atoms with Gasteiger partial charge in [-0.3, -0.25) is 0 Å². The molecule has 0 aliphatic carbocycles. The molecule has 16 heavy (non-hydrogen) atoms. The van der Waals surface area contributed by atoms with Crippen molar-refractivity contribution in [1.29, 1.82) is 5.26 Å². The van der Waals surface area contributed by atoms with Crippen LogP contribution in [0.2, 0.25) is 0 Å². The van der Waals surface area contributed by atoms with E-state index in [4.69, 9.17) is 10.00 Å². The van der Waals surface area contributed by atoms with Crippen LogP contribution in [0.3, 0.4) is 0 Å². The highest BCUT2D eigenvalue weighted by Gasteiger charge is 2.32. The highest BCUT2D eigenvalue weighted by atomic mass is 16.5. The third kappa shape index (κ3) is 1.79. The number of nitriles is 1. The molecule has 1 unspecified atom stereocenters. The maximum Gasteiger partial charge on any atom is 0.187 e. The number of aliphatic imine (C=N–C) groups is 1. The van der Waals surface area contributed by atoms with Gasteiger partial charge in [0, 0.05) is 18.9 Å². The average Bonchev–Trinajstić information content (AvgIpc) is 2.26. The Kier molecular flexibility index (Phi) is 2.66. The lowest BCUT2D eigenvalue weighted by Gasteiger charge is -2.31. The van der Waals surface area contributed by atoms with Crippen molar-refractivity contribution in [3.05, 3.63) is 29.8 Å². The van der Waals surface area contributed by atoms with Crippen molar-refractivity contribution in [2.75, 3.05) is 0 Å². The van der Waals surface area contributed by atoms with E-state index in [-0.39, 0.29) is 5.54 Å². The number of para-hydroxylation sites is 1. The van der Waals surface area contributed by atoms with Gasteiger partial charge >= 0.3 is 0 Å². The van der Waals surface area contributed by atoms with Crippen LogP contribution in [0.15, 0.2) is 29.3 Å². The van der Waals surface area contributed by atoms with Crippen LogP contribution in [0.4, 0.5) is 0 Å². The Morgan fingerprint density at radius 3 is 2.94 bits per heavy atom. The number of nitrogens with zero attached hydrogens (tertiary/aromatic N) is 2. The van der Waals surface area contributed by atoms with Gasteiger partial charge in [-0.05, 0) is 19.4 Å². The second-order valence-electron chi connectivity index (χ2n) is 4.16. The Morgan fingerprint density at radius 2 is 2.19 bits per heavy atom. The van der Waals surface area contributed by atoms with Gasteiger partial charge in [0.2, 0.25) is 0 Å². The summed E-state index contributed by atoms with van der Waals surface area (Å²) in [6.07, 6.45) is 1.23. The first-order valence-electron chi connectivity index (χ1n) is 5.36. The van der Waals surface area contributed by atoms with Crippen molar-refractivity contribution >= 4 is 5.90 Å². The van der Waals surface area contributed by atoms with E-state index >= 15 is 0 Å². The Balaban J connectivity index is 2.43. The molecule has 0 aromatic heterocycles. The van der Waals surface area contributed by atoms with Gasteiger partial charge in [0.05, 0.1) is 11.6 Å². The number of benzene rings is 1. The number of ether oxygens (including phenoxy) is 1. The minimum atomic E-state index is -0.325. The standard InChI is InChI=1S/C13H14N2O/c1-10-15-13(2,8-5-9-14)11-6-3-4-7-12(11)16-10/h3-4,6-7H,5,8H2,1-2H3. The number of hydrogen-bond acceptors (Lipinski definition) is 3. The first-order valence-corrected chi connectivity index (χ1v) is 5.36. The summed E-state index contributed by atoms with van der Waals surface area (Å²) in [5.74, 6) is 1.52. The molecule has 1 heterocycles. The molecule has 0 N–H and O–H groups in total. The van der Waals surface area contributed by atoms with E-state index in [2.05, 4.69) is 18.0 Å². The van der Waals surface area contributed by atoms with Crippen LogP contribution in [0.25, 0.3) is 0 Å². The summed E-state index contributed by atoms with van der Waals surface area (Å²) < 4.78 is 5.57. The van der Waals surface area contributed by atoms with E-state index in [0.29, 0.717) is 12.3 Å². The van der Waals surface area contributed by atoms with Crippen LogP contribution >= 0.6 is 0 Å². The van der Waals surface area contributed by atoms with Gasteiger partial charge in [-0.25, -0.2) is 4.99 Å². The molecule has 1 atom stereocenters. The lowest BCUT2D eigenvalue weighted by Crippen LogP contribution is -2.27. The third-order valence-corrected chi connectivity index (χ3v) is 2.85. The lowest BCUT2D eigenvalue weighted by atomic mass is 9.86. The van der Waals surface area contributed by atoms with E-state index in [1.54, 1.807) is 0 Å². The zero-order valence-electron chi connectivity index (χ0n) is 9.53. The number of rotatable bonds is 2. The fourth-order valence-corrected chi connectivity index (χ4v) is 2.08. The van der Waals surface area contributed by atoms with Crippen molar-refractivity contribution in [3.63, 3.8) is 0 Å². The number of hydrogen-bond donors (Lipinski definition) is 0. The van der Waals surface area contributed by atoms with Gasteiger partial charge < -0.3 is 4.74 Å². The summed E-state index contributed by atoms with van der Waals surface area (Å²) in [6, 6.07) is 10.1. The van der Waals surface area contributed by atoms with Crippen molar-refractivity contribution in [2.45, 2.75) is 32.2 Å². The molecule has 1 aliphatic heterocycles. The second kappa shape index (κ2) is 3.97. The van der Waals surface area contributed by atoms with Crippen molar-refractivity contribution in [3.8, 4) is 11.8 Å². The van der Waals surface area contributed by atoms with Crippen LogP contribution in [0, 0.1) is 11.3 Å². The average molecular weight is 214 g/mol. The Bertz CT molecular complexity index is 473. The summed E-state index contributed by atoms with van der Waals surface area (Å²) >= 11 is 0. The Hall–Kier alpha value is -1.82. The quantitative estimate of drug-likeness (QED) is 0.759. The molecular weight excluding hydrogens is 200 g/mol. The Morgan fingerprint density at radius 1 is 1.44 bits per heavy atom. The summed E-state index contributed by atoms with van der Waals surface area (Å²) in [7, 11) is 0. The van der Waals surface area contributed by atoms with Gasteiger partial charge in [-0.2, -0.15) is 5.26 Å². The molecule has 0 fully saturated rings. The van der Waals surface area contributed by atoms with E-state index < -0.39 is 0 Å². The molecule has 1 aromatic rings. The topological polar surface area (TPSA) is 45.4 Å². The van der Waals surface area contributed by atoms with Crippen LogP contribution in [0.1, 0.15) is 32.3 Å². The molecule has 0 saturated carbocycles. The van der Waals surface area contributed by atoms with E-state index in [9.17, 15) is 0 Å². The molecular formula is C13H14N2O. The summed E-state index contributed by atoms with van der Waals surface area (Å²) in [4.78, 5) is 4.54. The molecule has 0 spiro atoms. The van der Waals surface area contributed by atoms with E-state index in [1.807, 2.05) is 31.2 Å². The third-order valence-electron chi connectivity index (χ3n) is 2.85. The van der Waals surface area contributed by atoms with Crippen molar-refractivity contribution in [2.24, 2.45) is 4.99 Å². The summed E-state index contributed by atoms with van der Waals surface area (Å²) in [5.41, 5.74) is 0.741. The van der Waals surface area contributed by atoms with Crippen LogP contribution < -0.4 is 4.74 Å². The van der Waals surface area contributed by atoms with Crippen LogP contribution in [0.5, 0.6) is 5.75 Å². The summed E-state index contributed by atoms with van der Waals surface area (Å²) in [6.45, 7) is 3.90. The highest BCUT2D eigenvalue weighted by Crippen LogP contribution is 2.39. The lowest BCUT2D eigenvalue weighted by molar-refractivity contribution is 0.392. The van der Waals surface area contributed by atoms with Gasteiger partial charge in [-0.1, -0.05) is 18.2 Å². The minimum absolute atomic E-state index is 0.325. The number of fused-ring (bicyclic) bond motifs is 1. The first kappa shape index (κ1) is 10.7. The molecule has 3 nitrogen and oxygen atoms in total. The monoisotopic (exact) mass is 214 g/mol. The SMILES string of the molecule is CC1=NC(C)(CCC#N)c2ccccc2O1. The predicted molar refractivity (Wildman–Crippen MR) is 62.4 cm³/mol. The zero-order chi connectivity index (χ0) is 11.6. The second-order valence-corrected chi connectivity index (χ2v) is 4.16. The minimum Gasteiger partial charge on any atom is -0.443 e. The zero-order valence-corrected chi connectivity index (χ0v) is 9.53. The van der Waals surface area contributed by atoms with Crippen molar-refractivity contribution < 1.29 is 4.74 Å². The summed E-state index contributed by atoms with van der Waals surface area (Å²) in [5, 5.41) is 8.70. The normalized spacial score (nSPS) is 22.7. The van der Waals surface area contributed by atoms with Crippen LogP contribution in [-0.2, 0) is 5.54 Å². The predicted octanol–water partition coefficient (Wildman–Crippen LogP) is 3.02. The fraction of sp³-hybridized carbons (Fsp3) is 0.385. The van der Waals surface area contributed by atoms with Crippen molar-refractivity contribution in [1.82, 2.24) is 0 Å². The van der Waals surface area contributed by atoms with Gasteiger partial charge in [0.1, 0.15) is 5.75 Å². The van der Waals surface area contributed by atoms with E-state index in [0.717, 1.165) is 17.7 Å². The fourth-order valence-electron chi connectivity index (χ4n) is 2.08. The molecule has 0 amide bonds. The van der Waals surface area contributed by atoms with Gasteiger partial charge in [0.15, 0.2) is 5.90 Å². The van der Waals surface area contributed by atoms with Gasteiger partial charge in [0.25, 0.3) is 0 Å². The highest BCUT2D eigenvalue weighted by molar-refractivity contribution is 5.78. The molecule has 82 valence electrons. The molecule has 3 heteroatoms. The smallest absolute Gasteiger partial charge is 0.187 e. The molecule has 1 aliphatic rings. The molecule has 0 saturated heterocycles. The van der Waals surface area contributed by atoms with Gasteiger partial charge in [-0.15, -0.1) is 0 Å². The molecule has 1 aromatic carbocycles.